The number of aromatic amines is 1. The number of H-pyrrole nitrogens is 1. The first kappa shape index (κ1) is 11.9. The molecule has 0 radical (unpaired) electrons. The number of nitrogens with one attached hydrogen (secondary N) is 3. The highest BCUT2D eigenvalue weighted by atomic mass is 16.1. The van der Waals surface area contributed by atoms with Crippen LogP contribution in [0.3, 0.4) is 0 Å². The summed E-state index contributed by atoms with van der Waals surface area (Å²) in [5.74, 6) is 0.653. The predicted molar refractivity (Wildman–Crippen MR) is 68.4 cm³/mol. The Kier molecular flexibility index (Phi) is 3.04. The van der Waals surface area contributed by atoms with Crippen LogP contribution in [0.15, 0.2) is 12.4 Å². The van der Waals surface area contributed by atoms with E-state index in [0.717, 1.165) is 30.0 Å². The number of imidazole rings is 1. The number of carbonyl (C=O) groups is 1. The van der Waals surface area contributed by atoms with Crippen molar-refractivity contribution in [2.45, 2.75) is 19.5 Å². The van der Waals surface area contributed by atoms with Gasteiger partial charge in [0.15, 0.2) is 5.69 Å². The Morgan fingerprint density at radius 1 is 1.58 bits per heavy atom. The van der Waals surface area contributed by atoms with Crippen LogP contribution in [0.5, 0.6) is 0 Å². The molecule has 1 amide bonds. The fraction of sp³-hybridized carbons (Fsp3) is 0.417. The zero-order valence-electron chi connectivity index (χ0n) is 10.7. The van der Waals surface area contributed by atoms with Crippen LogP contribution in [-0.2, 0) is 26.6 Å². The van der Waals surface area contributed by atoms with E-state index in [0.29, 0.717) is 18.8 Å². The van der Waals surface area contributed by atoms with Gasteiger partial charge in [-0.15, -0.1) is 0 Å². The van der Waals surface area contributed by atoms with Crippen LogP contribution >= 0.6 is 0 Å². The van der Waals surface area contributed by atoms with E-state index < -0.39 is 0 Å². The first-order valence-corrected chi connectivity index (χ1v) is 6.27. The largest absolute Gasteiger partial charge is 0.343 e. The summed E-state index contributed by atoms with van der Waals surface area (Å²) < 4.78 is 1.88. The zero-order valence-corrected chi connectivity index (χ0v) is 10.7. The van der Waals surface area contributed by atoms with Gasteiger partial charge in [-0.3, -0.25) is 9.89 Å². The first-order valence-electron chi connectivity index (χ1n) is 6.27. The quantitative estimate of drug-likeness (QED) is 0.708. The fourth-order valence-corrected chi connectivity index (χ4v) is 2.22. The standard InChI is InChI=1S/C12H16N6O/c1-18-5-4-14-10(18)7-15-12(19)11-8-6-13-3-2-9(8)16-17-11/h4-5,13H,2-3,6-7H2,1H3,(H,15,19)(H,16,17). The van der Waals surface area contributed by atoms with Crippen molar-refractivity contribution in [2.24, 2.45) is 7.05 Å². The Morgan fingerprint density at radius 3 is 3.26 bits per heavy atom. The van der Waals surface area contributed by atoms with Gasteiger partial charge in [-0.05, 0) is 0 Å². The topological polar surface area (TPSA) is 87.6 Å². The molecule has 0 aliphatic carbocycles. The second-order valence-corrected chi connectivity index (χ2v) is 4.59. The number of aromatic nitrogens is 4. The van der Waals surface area contributed by atoms with Gasteiger partial charge < -0.3 is 15.2 Å². The van der Waals surface area contributed by atoms with Crippen molar-refractivity contribution in [1.82, 2.24) is 30.4 Å². The summed E-state index contributed by atoms with van der Waals surface area (Å²) in [5.41, 5.74) is 2.51. The molecule has 19 heavy (non-hydrogen) atoms. The Bertz CT molecular complexity index is 599. The Balaban J connectivity index is 1.71. The number of aryl methyl sites for hydroxylation is 1. The summed E-state index contributed by atoms with van der Waals surface area (Å²) in [4.78, 5) is 16.3. The first-order chi connectivity index (χ1) is 9.25. The van der Waals surface area contributed by atoms with Gasteiger partial charge in [0, 0.05) is 50.2 Å². The highest BCUT2D eigenvalue weighted by molar-refractivity contribution is 5.93. The van der Waals surface area contributed by atoms with Crippen LogP contribution in [0.2, 0.25) is 0 Å². The summed E-state index contributed by atoms with van der Waals surface area (Å²) in [6.45, 7) is 2.01. The molecule has 100 valence electrons. The maximum absolute atomic E-state index is 12.1. The lowest BCUT2D eigenvalue weighted by Crippen LogP contribution is -2.28. The normalized spacial score (nSPS) is 14.2. The second kappa shape index (κ2) is 4.85. The zero-order chi connectivity index (χ0) is 13.2. The summed E-state index contributed by atoms with van der Waals surface area (Å²) in [5, 5.41) is 13.1. The molecule has 3 N–H and O–H groups in total. The van der Waals surface area contributed by atoms with Crippen LogP contribution in [0.4, 0.5) is 0 Å². The maximum atomic E-state index is 12.1. The van der Waals surface area contributed by atoms with Crippen LogP contribution in [0.25, 0.3) is 0 Å². The predicted octanol–water partition coefficient (Wildman–Crippen LogP) is -0.281. The molecular formula is C12H16N6O. The molecule has 2 aromatic heterocycles. The summed E-state index contributed by atoms with van der Waals surface area (Å²) in [6.07, 6.45) is 4.44. The smallest absolute Gasteiger partial charge is 0.272 e. The van der Waals surface area contributed by atoms with Gasteiger partial charge in [-0.1, -0.05) is 0 Å². The number of amides is 1. The third kappa shape index (κ3) is 2.24. The van der Waals surface area contributed by atoms with E-state index in [1.165, 1.54) is 0 Å². The lowest BCUT2D eigenvalue weighted by Gasteiger charge is -2.12. The molecular weight excluding hydrogens is 244 g/mol. The molecule has 0 spiro atoms. The third-order valence-corrected chi connectivity index (χ3v) is 3.35. The Morgan fingerprint density at radius 2 is 2.47 bits per heavy atom. The van der Waals surface area contributed by atoms with E-state index in [4.69, 9.17) is 0 Å². The molecule has 2 aromatic rings. The van der Waals surface area contributed by atoms with Crippen molar-refractivity contribution in [3.8, 4) is 0 Å². The van der Waals surface area contributed by atoms with E-state index in [2.05, 4.69) is 25.8 Å². The lowest BCUT2D eigenvalue weighted by molar-refractivity contribution is 0.0943. The molecule has 0 saturated heterocycles. The highest BCUT2D eigenvalue weighted by Gasteiger charge is 2.21. The van der Waals surface area contributed by atoms with Crippen molar-refractivity contribution in [2.75, 3.05) is 6.54 Å². The molecule has 0 aromatic carbocycles. The van der Waals surface area contributed by atoms with Gasteiger partial charge in [-0.2, -0.15) is 5.10 Å². The van der Waals surface area contributed by atoms with Crippen LogP contribution in [0, 0.1) is 0 Å². The van der Waals surface area contributed by atoms with E-state index in [9.17, 15) is 4.79 Å². The van der Waals surface area contributed by atoms with Gasteiger partial charge in [0.05, 0.1) is 6.54 Å². The van der Waals surface area contributed by atoms with Crippen LogP contribution in [-0.4, -0.2) is 32.2 Å². The Labute approximate surface area is 110 Å². The van der Waals surface area contributed by atoms with Gasteiger partial charge >= 0.3 is 0 Å². The van der Waals surface area contributed by atoms with Crippen molar-refractivity contribution in [3.05, 3.63) is 35.2 Å². The molecule has 0 atom stereocenters. The number of carbonyl (C=O) groups excluding carboxylic acids is 1. The number of hydrogen-bond donors (Lipinski definition) is 3. The van der Waals surface area contributed by atoms with Crippen LogP contribution in [0.1, 0.15) is 27.6 Å². The SMILES string of the molecule is Cn1ccnc1CNC(=O)c1n[nH]c2c1CNCC2. The number of fused-ring (bicyclic) bond motifs is 1. The van der Waals surface area contributed by atoms with Crippen molar-refractivity contribution in [1.29, 1.82) is 0 Å². The number of rotatable bonds is 3. The molecule has 1 aliphatic rings. The third-order valence-electron chi connectivity index (χ3n) is 3.35. The second-order valence-electron chi connectivity index (χ2n) is 4.59. The molecule has 7 heteroatoms. The Hall–Kier alpha value is -2.15. The summed E-state index contributed by atoms with van der Waals surface area (Å²) in [7, 11) is 1.90. The van der Waals surface area contributed by atoms with Gasteiger partial charge in [-0.25, -0.2) is 4.98 Å². The lowest BCUT2D eigenvalue weighted by atomic mass is 10.1. The molecule has 7 nitrogen and oxygen atoms in total. The van der Waals surface area contributed by atoms with E-state index in [-0.39, 0.29) is 5.91 Å². The molecule has 0 bridgehead atoms. The van der Waals surface area contributed by atoms with Gasteiger partial charge in [0.1, 0.15) is 5.82 Å². The summed E-state index contributed by atoms with van der Waals surface area (Å²) in [6, 6.07) is 0. The molecule has 0 fully saturated rings. The average molecular weight is 260 g/mol. The van der Waals surface area contributed by atoms with Crippen molar-refractivity contribution >= 4 is 5.91 Å². The molecule has 0 saturated carbocycles. The van der Waals surface area contributed by atoms with Gasteiger partial charge in [0.2, 0.25) is 0 Å². The number of hydrogen-bond acceptors (Lipinski definition) is 4. The summed E-state index contributed by atoms with van der Waals surface area (Å²) >= 11 is 0. The van der Waals surface area contributed by atoms with E-state index >= 15 is 0 Å². The average Bonchev–Trinajstić information content (AvgIpc) is 3.02. The molecule has 1 aliphatic heterocycles. The monoisotopic (exact) mass is 260 g/mol. The molecule has 0 unspecified atom stereocenters. The minimum Gasteiger partial charge on any atom is -0.343 e. The minimum absolute atomic E-state index is 0.163. The highest BCUT2D eigenvalue weighted by Crippen LogP contribution is 2.15. The molecule has 3 rings (SSSR count). The minimum atomic E-state index is -0.163. The van der Waals surface area contributed by atoms with E-state index in [1.54, 1.807) is 6.20 Å². The maximum Gasteiger partial charge on any atom is 0.272 e. The van der Waals surface area contributed by atoms with Gasteiger partial charge in [0.25, 0.3) is 5.91 Å². The van der Waals surface area contributed by atoms with E-state index in [1.807, 2.05) is 17.8 Å². The van der Waals surface area contributed by atoms with Crippen LogP contribution < -0.4 is 10.6 Å². The number of nitrogens with zero attached hydrogens (tertiary/aromatic N) is 3. The van der Waals surface area contributed by atoms with Crippen molar-refractivity contribution < 1.29 is 4.79 Å². The molecule has 3 heterocycles. The fourth-order valence-electron chi connectivity index (χ4n) is 2.22. The van der Waals surface area contributed by atoms with Crippen molar-refractivity contribution in [3.63, 3.8) is 0 Å².